The summed E-state index contributed by atoms with van der Waals surface area (Å²) in [6.45, 7) is -0.193. The molecule has 0 saturated carbocycles. The largest absolute Gasteiger partial charge is 0.457 e. The number of nitrogens with one attached hydrogen (secondary N) is 1. The summed E-state index contributed by atoms with van der Waals surface area (Å²) in [5.74, 6) is 0.750. The Balaban J connectivity index is 1.70. The van der Waals surface area contributed by atoms with E-state index in [1.165, 1.54) is 10.6 Å². The molecule has 0 amide bonds. The van der Waals surface area contributed by atoms with Crippen molar-refractivity contribution in [3.05, 3.63) is 109 Å². The standard InChI is InChI=1S/C23H17ClF3N5O3/c1-31-11-10-18(12-19(31)33)35-17-8-6-16(7-9-17)28-22-30-29-20(23(25,26)27)21(34)32(22)13-14-2-4-15(24)5-3-14/h2-12H,13H2,1H3,(H,28,30). The van der Waals surface area contributed by atoms with Gasteiger partial charge < -0.3 is 9.30 Å². The lowest BCUT2D eigenvalue weighted by Crippen LogP contribution is -2.41. The average Bonchev–Trinajstić information content (AvgIpc) is 2.80. The number of aryl methyl sites for hydroxylation is 1. The van der Waals surface area contributed by atoms with Gasteiger partial charge in [-0.15, -0.1) is 0 Å². The van der Waals surface area contributed by atoms with E-state index in [9.17, 15) is 22.8 Å². The number of pyridine rings is 1. The zero-order valence-electron chi connectivity index (χ0n) is 18.1. The molecule has 180 valence electrons. The summed E-state index contributed by atoms with van der Waals surface area (Å²) < 4.78 is 47.7. The molecule has 12 heteroatoms. The highest BCUT2D eigenvalue weighted by Gasteiger charge is 2.37. The van der Waals surface area contributed by atoms with Crippen molar-refractivity contribution in [2.24, 2.45) is 12.0 Å². The number of nitrogens with zero attached hydrogens (tertiary/aromatic N) is 4. The van der Waals surface area contributed by atoms with Crippen LogP contribution in [0.4, 0.5) is 18.9 Å². The third-order valence-electron chi connectivity index (χ3n) is 4.88. The van der Waals surface area contributed by atoms with Crippen molar-refractivity contribution < 1.29 is 17.9 Å². The van der Waals surface area contributed by atoms with Gasteiger partial charge in [0.05, 0.1) is 12.2 Å². The lowest BCUT2D eigenvalue weighted by atomic mass is 10.2. The second-order valence-corrected chi connectivity index (χ2v) is 7.87. The summed E-state index contributed by atoms with van der Waals surface area (Å²) in [5, 5.41) is 5.87. The van der Waals surface area contributed by atoms with Crippen molar-refractivity contribution in [2.45, 2.75) is 12.7 Å². The van der Waals surface area contributed by atoms with E-state index in [-0.39, 0.29) is 17.7 Å². The maximum atomic E-state index is 13.3. The first-order chi connectivity index (χ1) is 16.6. The van der Waals surface area contributed by atoms with Crippen molar-refractivity contribution in [2.75, 3.05) is 0 Å². The Hall–Kier alpha value is -4.12. The number of halogens is 4. The fourth-order valence-electron chi connectivity index (χ4n) is 3.07. The number of alkyl halides is 3. The van der Waals surface area contributed by atoms with Gasteiger partial charge in [0.2, 0.25) is 11.3 Å². The number of H-pyrrole nitrogens is 1. The van der Waals surface area contributed by atoms with E-state index in [2.05, 4.69) is 15.2 Å². The summed E-state index contributed by atoms with van der Waals surface area (Å²) in [6.07, 6.45) is -3.37. The second kappa shape index (κ2) is 9.63. The zero-order valence-corrected chi connectivity index (χ0v) is 18.8. The van der Waals surface area contributed by atoms with Gasteiger partial charge in [-0.25, -0.2) is 10.1 Å². The molecule has 0 fully saturated rings. The topological polar surface area (TPSA) is 94.3 Å². The van der Waals surface area contributed by atoms with E-state index in [1.54, 1.807) is 67.8 Å². The zero-order chi connectivity index (χ0) is 25.2. The summed E-state index contributed by atoms with van der Waals surface area (Å²) in [4.78, 5) is 28.6. The number of aromatic nitrogens is 4. The van der Waals surface area contributed by atoms with Crippen molar-refractivity contribution in [3.8, 4) is 11.5 Å². The minimum atomic E-state index is -4.94. The van der Waals surface area contributed by atoms with Gasteiger partial charge in [0.15, 0.2) is 0 Å². The first-order valence-corrected chi connectivity index (χ1v) is 10.5. The predicted molar refractivity (Wildman–Crippen MR) is 122 cm³/mol. The number of rotatable bonds is 5. The number of hydrogen-bond donors (Lipinski definition) is 1. The second-order valence-electron chi connectivity index (χ2n) is 7.43. The SMILES string of the molecule is Cn1ccc(Oc2ccc(/N=c3\[nH]nc(C(F)(F)F)c(=O)n3Cc3ccc(Cl)cc3)cc2)cc1=O. The number of ether oxygens (including phenoxy) is 1. The number of hydrogen-bond acceptors (Lipinski definition) is 5. The number of aromatic amines is 1. The molecule has 0 atom stereocenters. The van der Waals surface area contributed by atoms with Crippen LogP contribution in [0.3, 0.4) is 0 Å². The van der Waals surface area contributed by atoms with Gasteiger partial charge in [-0.05, 0) is 48.0 Å². The van der Waals surface area contributed by atoms with Crippen molar-refractivity contribution >= 4 is 17.3 Å². The van der Waals surface area contributed by atoms with Crippen molar-refractivity contribution in [1.29, 1.82) is 0 Å². The molecule has 2 aromatic carbocycles. The third-order valence-corrected chi connectivity index (χ3v) is 5.13. The molecule has 35 heavy (non-hydrogen) atoms. The Labute approximate surface area is 200 Å². The van der Waals surface area contributed by atoms with Crippen LogP contribution in [0.25, 0.3) is 0 Å². The molecule has 0 aliphatic heterocycles. The minimum Gasteiger partial charge on any atom is -0.457 e. The van der Waals surface area contributed by atoms with Gasteiger partial charge in [0, 0.05) is 24.3 Å². The fourth-order valence-corrected chi connectivity index (χ4v) is 3.19. The lowest BCUT2D eigenvalue weighted by molar-refractivity contribution is -0.143. The van der Waals surface area contributed by atoms with Gasteiger partial charge >= 0.3 is 6.18 Å². The van der Waals surface area contributed by atoms with Crippen LogP contribution in [-0.2, 0) is 19.8 Å². The molecule has 0 bridgehead atoms. The molecule has 4 rings (SSSR count). The summed E-state index contributed by atoms with van der Waals surface area (Å²) in [5.41, 5.74) is -2.48. The van der Waals surface area contributed by atoms with Crippen molar-refractivity contribution in [1.82, 2.24) is 19.3 Å². The van der Waals surface area contributed by atoms with Crippen LogP contribution >= 0.6 is 11.6 Å². The van der Waals surface area contributed by atoms with Crippen molar-refractivity contribution in [3.63, 3.8) is 0 Å². The first-order valence-electron chi connectivity index (χ1n) is 10.1. The maximum Gasteiger partial charge on any atom is 0.440 e. The Bertz CT molecular complexity index is 1540. The Kier molecular flexibility index (Phi) is 6.61. The summed E-state index contributed by atoms with van der Waals surface area (Å²) in [7, 11) is 1.61. The molecule has 8 nitrogen and oxygen atoms in total. The molecule has 0 saturated heterocycles. The smallest absolute Gasteiger partial charge is 0.440 e. The molecule has 0 radical (unpaired) electrons. The normalized spacial score (nSPS) is 12.1. The first kappa shape index (κ1) is 24.0. The van der Waals surface area contributed by atoms with E-state index in [1.807, 2.05) is 0 Å². The van der Waals surface area contributed by atoms with Gasteiger partial charge in [-0.2, -0.15) is 18.3 Å². The Morgan fingerprint density at radius 1 is 1.03 bits per heavy atom. The van der Waals surface area contributed by atoms with Crippen LogP contribution in [-0.4, -0.2) is 19.3 Å². The molecule has 0 unspecified atom stereocenters. The minimum absolute atomic E-state index is 0.182. The molecule has 0 spiro atoms. The quantitative estimate of drug-likeness (QED) is 0.445. The van der Waals surface area contributed by atoms with E-state index >= 15 is 0 Å². The highest BCUT2D eigenvalue weighted by molar-refractivity contribution is 6.30. The van der Waals surface area contributed by atoms with Gasteiger partial charge in [-0.3, -0.25) is 14.2 Å². The Morgan fingerprint density at radius 2 is 1.71 bits per heavy atom. The average molecular weight is 504 g/mol. The highest BCUT2D eigenvalue weighted by Crippen LogP contribution is 2.24. The van der Waals surface area contributed by atoms with Crippen LogP contribution in [0.1, 0.15) is 11.3 Å². The van der Waals surface area contributed by atoms with Crippen LogP contribution in [0.15, 0.2) is 81.4 Å². The molecule has 2 aromatic heterocycles. The predicted octanol–water partition coefficient (Wildman–Crippen LogP) is 4.02. The van der Waals surface area contributed by atoms with Crippen LogP contribution in [0.2, 0.25) is 5.02 Å². The van der Waals surface area contributed by atoms with Gasteiger partial charge in [0.25, 0.3) is 11.1 Å². The van der Waals surface area contributed by atoms with Crippen LogP contribution in [0, 0.1) is 0 Å². The third kappa shape index (κ3) is 5.69. The molecular weight excluding hydrogens is 487 g/mol. The molecule has 4 aromatic rings. The molecule has 2 heterocycles. The van der Waals surface area contributed by atoms with E-state index in [0.717, 1.165) is 4.57 Å². The highest BCUT2D eigenvalue weighted by atomic mass is 35.5. The molecular formula is C23H17ClF3N5O3. The Morgan fingerprint density at radius 3 is 2.34 bits per heavy atom. The van der Waals surface area contributed by atoms with Gasteiger partial charge in [0.1, 0.15) is 11.5 Å². The summed E-state index contributed by atoms with van der Waals surface area (Å²) >= 11 is 5.87. The van der Waals surface area contributed by atoms with E-state index in [0.29, 0.717) is 27.8 Å². The van der Waals surface area contributed by atoms with Crippen LogP contribution in [0.5, 0.6) is 11.5 Å². The molecule has 1 N–H and O–H groups in total. The van der Waals surface area contributed by atoms with E-state index < -0.39 is 17.4 Å². The monoisotopic (exact) mass is 503 g/mol. The van der Waals surface area contributed by atoms with E-state index in [4.69, 9.17) is 16.3 Å². The number of benzene rings is 2. The fraction of sp³-hybridized carbons (Fsp3) is 0.130. The maximum absolute atomic E-state index is 13.3. The molecule has 0 aliphatic carbocycles. The van der Waals surface area contributed by atoms with Crippen LogP contribution < -0.4 is 21.5 Å². The van der Waals surface area contributed by atoms with Gasteiger partial charge in [-0.1, -0.05) is 23.7 Å². The lowest BCUT2D eigenvalue weighted by Gasteiger charge is -2.11. The molecule has 0 aliphatic rings. The summed E-state index contributed by atoms with van der Waals surface area (Å²) in [6, 6.07) is 15.5.